The third-order valence-corrected chi connectivity index (χ3v) is 5.29. The van der Waals surface area contributed by atoms with E-state index in [1.54, 1.807) is 4.31 Å². The molecule has 0 N–H and O–H groups in total. The lowest BCUT2D eigenvalue weighted by Crippen LogP contribution is -2.40. The molecule has 1 atom stereocenters. The van der Waals surface area contributed by atoms with Gasteiger partial charge in [0, 0.05) is 32.7 Å². The zero-order valence-electron chi connectivity index (χ0n) is 10.0. The van der Waals surface area contributed by atoms with Crippen LogP contribution in [0.25, 0.3) is 0 Å². The fourth-order valence-electron chi connectivity index (χ4n) is 2.37. The molecule has 2 rings (SSSR count). The molecule has 99 valence electrons. The Morgan fingerprint density at radius 2 is 1.94 bits per heavy atom. The van der Waals surface area contributed by atoms with E-state index < -0.39 is 16.2 Å². The molecule has 0 spiro atoms. The van der Waals surface area contributed by atoms with Crippen LogP contribution in [0.4, 0.5) is 4.39 Å². The minimum absolute atomic E-state index is 0.125. The summed E-state index contributed by atoms with van der Waals surface area (Å²) in [6.45, 7) is 2.75. The Hall–Kier alpha value is -0.200. The third-order valence-electron chi connectivity index (χ3n) is 3.44. The summed E-state index contributed by atoms with van der Waals surface area (Å²) in [7, 11) is -3.14. The van der Waals surface area contributed by atoms with Crippen molar-refractivity contribution >= 4 is 10.0 Å². The van der Waals surface area contributed by atoms with E-state index in [0.717, 1.165) is 12.8 Å². The average molecular weight is 263 g/mol. The predicted octanol–water partition coefficient (Wildman–Crippen LogP) is 0.660. The maximum Gasteiger partial charge on any atom is 0.215 e. The quantitative estimate of drug-likeness (QED) is 0.748. The van der Waals surface area contributed by atoms with Gasteiger partial charge in [0.05, 0.1) is 5.75 Å². The Kier molecular flexibility index (Phi) is 4.38. The number of likely N-dealkylation sites (tertiary alicyclic amines) is 1. The van der Waals surface area contributed by atoms with Crippen molar-refractivity contribution in [2.75, 3.05) is 38.5 Å². The second kappa shape index (κ2) is 5.63. The Balaban J connectivity index is 1.80. The third kappa shape index (κ3) is 3.63. The number of alkyl halides is 1. The Morgan fingerprint density at radius 1 is 1.24 bits per heavy atom. The number of halogens is 1. The molecule has 0 aliphatic carbocycles. The summed E-state index contributed by atoms with van der Waals surface area (Å²) in [5.74, 6) is 0.125. The number of hydrogen-bond acceptors (Lipinski definition) is 3. The highest BCUT2D eigenvalue weighted by molar-refractivity contribution is 7.89. The van der Waals surface area contributed by atoms with Crippen molar-refractivity contribution in [1.29, 1.82) is 0 Å². The molecule has 0 aromatic carbocycles. The molecule has 0 bridgehead atoms. The largest absolute Gasteiger partial charge is 0.299 e. The minimum Gasteiger partial charge on any atom is -0.299 e. The SMILES string of the molecule is O=S(=O)(CCN1CC[C@@H](F)C1)N1CC[CH]CC1. The summed E-state index contributed by atoms with van der Waals surface area (Å²) < 4.78 is 38.5. The first-order valence-electron chi connectivity index (χ1n) is 6.24. The first-order chi connectivity index (χ1) is 8.08. The van der Waals surface area contributed by atoms with E-state index in [1.807, 2.05) is 4.90 Å². The molecule has 2 heterocycles. The Labute approximate surface area is 103 Å². The summed E-state index contributed by atoms with van der Waals surface area (Å²) in [5.41, 5.74) is 0. The molecule has 2 fully saturated rings. The van der Waals surface area contributed by atoms with Crippen LogP contribution in [0.5, 0.6) is 0 Å². The van der Waals surface area contributed by atoms with Crippen LogP contribution in [0.15, 0.2) is 0 Å². The first-order valence-corrected chi connectivity index (χ1v) is 7.85. The molecule has 0 aromatic heterocycles. The molecule has 2 aliphatic rings. The Morgan fingerprint density at radius 3 is 2.53 bits per heavy atom. The van der Waals surface area contributed by atoms with Crippen molar-refractivity contribution in [1.82, 2.24) is 9.21 Å². The number of sulfonamides is 1. The van der Waals surface area contributed by atoms with Gasteiger partial charge in [-0.2, -0.15) is 0 Å². The van der Waals surface area contributed by atoms with Gasteiger partial charge in [0.15, 0.2) is 0 Å². The van der Waals surface area contributed by atoms with Crippen LogP contribution in [0.3, 0.4) is 0 Å². The zero-order chi connectivity index (χ0) is 12.3. The van der Waals surface area contributed by atoms with E-state index in [-0.39, 0.29) is 5.75 Å². The van der Waals surface area contributed by atoms with E-state index in [0.29, 0.717) is 39.1 Å². The zero-order valence-corrected chi connectivity index (χ0v) is 10.8. The van der Waals surface area contributed by atoms with Gasteiger partial charge < -0.3 is 0 Å². The highest BCUT2D eigenvalue weighted by Gasteiger charge is 2.27. The molecule has 0 amide bonds. The van der Waals surface area contributed by atoms with Gasteiger partial charge in [0.1, 0.15) is 6.17 Å². The molecule has 0 aromatic rings. The van der Waals surface area contributed by atoms with Crippen LogP contribution in [-0.4, -0.2) is 62.3 Å². The molecule has 4 nitrogen and oxygen atoms in total. The summed E-state index contributed by atoms with van der Waals surface area (Å²) in [4.78, 5) is 1.90. The molecule has 0 saturated carbocycles. The molecule has 1 radical (unpaired) electrons. The van der Waals surface area contributed by atoms with Gasteiger partial charge in [-0.25, -0.2) is 17.1 Å². The monoisotopic (exact) mass is 263 g/mol. The normalized spacial score (nSPS) is 28.6. The van der Waals surface area contributed by atoms with Crippen LogP contribution in [-0.2, 0) is 10.0 Å². The fraction of sp³-hybridized carbons (Fsp3) is 0.909. The summed E-state index contributed by atoms with van der Waals surface area (Å²) >= 11 is 0. The van der Waals surface area contributed by atoms with Gasteiger partial charge in [-0.15, -0.1) is 0 Å². The van der Waals surface area contributed by atoms with Gasteiger partial charge in [-0.05, 0) is 25.7 Å². The van der Waals surface area contributed by atoms with Crippen LogP contribution in [0, 0.1) is 6.42 Å². The number of nitrogens with zero attached hydrogens (tertiary/aromatic N) is 2. The van der Waals surface area contributed by atoms with E-state index in [9.17, 15) is 12.8 Å². The van der Waals surface area contributed by atoms with Crippen molar-refractivity contribution in [3.8, 4) is 0 Å². The smallest absolute Gasteiger partial charge is 0.215 e. The van der Waals surface area contributed by atoms with Gasteiger partial charge in [0.2, 0.25) is 10.0 Å². The summed E-state index contributed by atoms with van der Waals surface area (Å²) in [6, 6.07) is 0. The van der Waals surface area contributed by atoms with Crippen LogP contribution in [0.2, 0.25) is 0 Å². The lowest BCUT2D eigenvalue weighted by Gasteiger charge is -2.26. The average Bonchev–Trinajstić information content (AvgIpc) is 2.74. The van der Waals surface area contributed by atoms with Crippen LogP contribution < -0.4 is 0 Å². The van der Waals surface area contributed by atoms with Gasteiger partial charge >= 0.3 is 0 Å². The molecular weight excluding hydrogens is 243 g/mol. The molecule has 0 unspecified atom stereocenters. The second-order valence-corrected chi connectivity index (χ2v) is 6.86. The van der Waals surface area contributed by atoms with Crippen molar-refractivity contribution in [2.45, 2.75) is 25.4 Å². The molecule has 2 saturated heterocycles. The van der Waals surface area contributed by atoms with Crippen LogP contribution >= 0.6 is 0 Å². The van der Waals surface area contributed by atoms with Crippen LogP contribution in [0.1, 0.15) is 19.3 Å². The first kappa shape index (κ1) is 13.2. The van der Waals surface area contributed by atoms with Crippen molar-refractivity contribution in [3.63, 3.8) is 0 Å². The lowest BCUT2D eigenvalue weighted by atomic mass is 10.2. The lowest BCUT2D eigenvalue weighted by molar-refractivity contribution is 0.296. The standard InChI is InChI=1S/C11H20FN2O2S/c12-11-4-7-13(10-11)8-9-17(15,16)14-5-2-1-3-6-14/h1,11H,2-10H2/t11-/m1/s1. The predicted molar refractivity (Wildman–Crippen MR) is 64.8 cm³/mol. The minimum atomic E-state index is -3.14. The van der Waals surface area contributed by atoms with E-state index in [2.05, 4.69) is 6.42 Å². The van der Waals surface area contributed by atoms with Crippen molar-refractivity contribution in [2.24, 2.45) is 0 Å². The number of piperidine rings is 1. The number of rotatable bonds is 4. The second-order valence-electron chi connectivity index (χ2n) is 4.77. The maximum absolute atomic E-state index is 12.9. The molecular formula is C11H20FN2O2S. The van der Waals surface area contributed by atoms with Gasteiger partial charge in [0.25, 0.3) is 0 Å². The molecule has 2 aliphatic heterocycles. The van der Waals surface area contributed by atoms with E-state index in [4.69, 9.17) is 0 Å². The highest BCUT2D eigenvalue weighted by Crippen LogP contribution is 2.15. The molecule has 17 heavy (non-hydrogen) atoms. The Bertz CT molecular complexity index is 341. The molecule has 6 heteroatoms. The summed E-state index contributed by atoms with van der Waals surface area (Å²) in [6.07, 6.45) is 3.58. The highest BCUT2D eigenvalue weighted by atomic mass is 32.2. The topological polar surface area (TPSA) is 40.6 Å². The summed E-state index contributed by atoms with van der Waals surface area (Å²) in [5, 5.41) is 0. The number of hydrogen-bond donors (Lipinski definition) is 0. The maximum atomic E-state index is 12.9. The van der Waals surface area contributed by atoms with Crippen molar-refractivity contribution in [3.05, 3.63) is 6.42 Å². The van der Waals surface area contributed by atoms with Gasteiger partial charge in [-0.3, -0.25) is 4.90 Å². The van der Waals surface area contributed by atoms with E-state index in [1.165, 1.54) is 0 Å². The van der Waals surface area contributed by atoms with Crippen molar-refractivity contribution < 1.29 is 12.8 Å². The van der Waals surface area contributed by atoms with E-state index >= 15 is 0 Å². The van der Waals surface area contributed by atoms with Gasteiger partial charge in [-0.1, -0.05) is 0 Å². The fourth-order valence-corrected chi connectivity index (χ4v) is 3.88.